The molecular formula is C22H24N2O5. The smallest absolute Gasteiger partial charge is 0.269 e. The summed E-state index contributed by atoms with van der Waals surface area (Å²) in [6.07, 6.45) is 1.54. The van der Waals surface area contributed by atoms with Crippen LogP contribution in [0.3, 0.4) is 0 Å². The third-order valence-corrected chi connectivity index (χ3v) is 5.84. The molecule has 1 atom stereocenters. The van der Waals surface area contributed by atoms with Gasteiger partial charge in [-0.1, -0.05) is 12.1 Å². The lowest BCUT2D eigenvalue weighted by Crippen LogP contribution is -2.38. The van der Waals surface area contributed by atoms with E-state index in [-0.39, 0.29) is 28.4 Å². The molecule has 1 saturated heterocycles. The topological polar surface area (TPSA) is 81.9 Å². The summed E-state index contributed by atoms with van der Waals surface area (Å²) in [5.41, 5.74) is 1.70. The average molecular weight is 396 g/mol. The Labute approximate surface area is 169 Å². The Hall–Kier alpha value is -2.93. The maximum Gasteiger partial charge on any atom is 0.269 e. The molecule has 0 aliphatic carbocycles. The van der Waals surface area contributed by atoms with Gasteiger partial charge in [0.05, 0.1) is 4.92 Å². The minimum absolute atomic E-state index is 0.0221. The highest BCUT2D eigenvalue weighted by molar-refractivity contribution is 5.98. The molecule has 4 rings (SSSR count). The first-order chi connectivity index (χ1) is 14.0. The van der Waals surface area contributed by atoms with E-state index < -0.39 is 0 Å². The number of nitrogens with zero attached hydrogens (tertiary/aromatic N) is 2. The molecule has 0 amide bonds. The lowest BCUT2D eigenvalue weighted by Gasteiger charge is -2.35. The van der Waals surface area contributed by atoms with E-state index in [0.29, 0.717) is 30.3 Å². The SMILES string of the molecule is CC(c1cccc([N+](=O)[O-])c1)N1CCC(C(=O)c2ccc3c(c2)OCCO3)CC1. The van der Waals surface area contributed by atoms with Crippen molar-refractivity contribution in [3.63, 3.8) is 0 Å². The van der Waals surface area contributed by atoms with Gasteiger partial charge in [0, 0.05) is 29.7 Å². The number of hydrogen-bond acceptors (Lipinski definition) is 6. The molecule has 0 N–H and O–H groups in total. The molecule has 0 bridgehead atoms. The molecule has 0 aromatic heterocycles. The molecule has 0 spiro atoms. The van der Waals surface area contributed by atoms with E-state index in [1.165, 1.54) is 6.07 Å². The second kappa shape index (κ2) is 8.21. The van der Waals surface area contributed by atoms with Crippen LogP contribution in [-0.2, 0) is 0 Å². The van der Waals surface area contributed by atoms with Crippen molar-refractivity contribution in [2.45, 2.75) is 25.8 Å². The van der Waals surface area contributed by atoms with Crippen LogP contribution in [0.4, 0.5) is 5.69 Å². The van der Waals surface area contributed by atoms with Gasteiger partial charge in [-0.05, 0) is 56.6 Å². The van der Waals surface area contributed by atoms with Gasteiger partial charge in [0.15, 0.2) is 17.3 Å². The maximum absolute atomic E-state index is 13.0. The van der Waals surface area contributed by atoms with Gasteiger partial charge in [0.1, 0.15) is 13.2 Å². The zero-order valence-corrected chi connectivity index (χ0v) is 16.4. The quantitative estimate of drug-likeness (QED) is 0.431. The number of carbonyl (C=O) groups is 1. The van der Waals surface area contributed by atoms with Crippen molar-refractivity contribution in [1.82, 2.24) is 4.90 Å². The molecule has 29 heavy (non-hydrogen) atoms. The molecule has 2 aromatic rings. The first-order valence-electron chi connectivity index (χ1n) is 9.95. The lowest BCUT2D eigenvalue weighted by atomic mass is 9.88. The standard InChI is InChI=1S/C22H24N2O5/c1-15(17-3-2-4-19(13-17)24(26)27)23-9-7-16(8-10-23)22(25)18-5-6-20-21(14-18)29-12-11-28-20/h2-6,13-16H,7-12H2,1H3. The van der Waals surface area contributed by atoms with Crippen LogP contribution in [0.25, 0.3) is 0 Å². The minimum atomic E-state index is -0.367. The highest BCUT2D eigenvalue weighted by Gasteiger charge is 2.29. The van der Waals surface area contributed by atoms with Crippen molar-refractivity contribution >= 4 is 11.5 Å². The second-order valence-corrected chi connectivity index (χ2v) is 7.56. The van der Waals surface area contributed by atoms with Crippen molar-refractivity contribution < 1.29 is 19.2 Å². The average Bonchev–Trinajstić information content (AvgIpc) is 2.78. The largest absolute Gasteiger partial charge is 0.486 e. The number of nitro benzene ring substituents is 1. The van der Waals surface area contributed by atoms with Crippen LogP contribution >= 0.6 is 0 Å². The van der Waals surface area contributed by atoms with Crippen molar-refractivity contribution in [2.24, 2.45) is 5.92 Å². The number of likely N-dealkylation sites (tertiary alicyclic amines) is 1. The van der Waals surface area contributed by atoms with E-state index in [1.807, 2.05) is 12.1 Å². The molecule has 0 saturated carbocycles. The molecule has 7 nitrogen and oxygen atoms in total. The van der Waals surface area contributed by atoms with Crippen LogP contribution < -0.4 is 9.47 Å². The van der Waals surface area contributed by atoms with Gasteiger partial charge >= 0.3 is 0 Å². The number of non-ortho nitro benzene ring substituents is 1. The van der Waals surface area contributed by atoms with Crippen molar-refractivity contribution in [2.75, 3.05) is 26.3 Å². The molecule has 2 aliphatic heterocycles. The molecule has 2 heterocycles. The molecule has 1 unspecified atom stereocenters. The van der Waals surface area contributed by atoms with E-state index in [1.54, 1.807) is 24.3 Å². The van der Waals surface area contributed by atoms with Crippen LogP contribution in [0.15, 0.2) is 42.5 Å². The Bertz CT molecular complexity index is 921. The van der Waals surface area contributed by atoms with E-state index in [2.05, 4.69) is 11.8 Å². The number of piperidine rings is 1. The number of Topliss-reactive ketones (excluding diaryl/α,β-unsaturated/α-hetero) is 1. The zero-order valence-electron chi connectivity index (χ0n) is 16.4. The fraction of sp³-hybridized carbons (Fsp3) is 0.409. The van der Waals surface area contributed by atoms with Crippen LogP contribution in [-0.4, -0.2) is 41.9 Å². The van der Waals surface area contributed by atoms with Gasteiger partial charge in [-0.2, -0.15) is 0 Å². The lowest BCUT2D eigenvalue weighted by molar-refractivity contribution is -0.385. The molecule has 2 aromatic carbocycles. The summed E-state index contributed by atoms with van der Waals surface area (Å²) in [7, 11) is 0. The minimum Gasteiger partial charge on any atom is -0.486 e. The summed E-state index contributed by atoms with van der Waals surface area (Å²) < 4.78 is 11.1. The zero-order chi connectivity index (χ0) is 20.4. The fourth-order valence-corrected chi connectivity index (χ4v) is 4.09. The molecular weight excluding hydrogens is 372 g/mol. The Morgan fingerprint density at radius 1 is 1.10 bits per heavy atom. The monoisotopic (exact) mass is 396 g/mol. The van der Waals surface area contributed by atoms with Gasteiger partial charge in [-0.15, -0.1) is 0 Å². The molecule has 1 fully saturated rings. The summed E-state index contributed by atoms with van der Waals surface area (Å²) >= 11 is 0. The molecule has 152 valence electrons. The Balaban J connectivity index is 1.39. The van der Waals surface area contributed by atoms with E-state index in [9.17, 15) is 14.9 Å². The Morgan fingerprint density at radius 2 is 1.83 bits per heavy atom. The molecule has 7 heteroatoms. The number of ether oxygens (including phenoxy) is 2. The highest BCUT2D eigenvalue weighted by atomic mass is 16.6. The second-order valence-electron chi connectivity index (χ2n) is 7.56. The number of nitro groups is 1. The number of hydrogen-bond donors (Lipinski definition) is 0. The predicted octanol–water partition coefficient (Wildman–Crippen LogP) is 4.02. The van der Waals surface area contributed by atoms with Crippen molar-refractivity contribution in [3.05, 3.63) is 63.7 Å². The normalized spacial score (nSPS) is 18.2. The first-order valence-corrected chi connectivity index (χ1v) is 9.95. The predicted molar refractivity (Wildman–Crippen MR) is 108 cm³/mol. The van der Waals surface area contributed by atoms with Gasteiger partial charge in [-0.3, -0.25) is 19.8 Å². The fourth-order valence-electron chi connectivity index (χ4n) is 4.09. The van der Waals surface area contributed by atoms with E-state index >= 15 is 0 Å². The molecule has 2 aliphatic rings. The number of benzene rings is 2. The Kier molecular flexibility index (Phi) is 5.49. The Morgan fingerprint density at radius 3 is 2.55 bits per heavy atom. The summed E-state index contributed by atoms with van der Waals surface area (Å²) in [4.78, 5) is 25.9. The summed E-state index contributed by atoms with van der Waals surface area (Å²) in [6.45, 7) is 4.65. The molecule has 0 radical (unpaired) electrons. The number of carbonyl (C=O) groups excluding carboxylic acids is 1. The first kappa shape index (κ1) is 19.4. The van der Waals surface area contributed by atoms with Gasteiger partial charge in [-0.25, -0.2) is 0 Å². The summed E-state index contributed by atoms with van der Waals surface area (Å²) in [5.74, 6) is 1.45. The van der Waals surface area contributed by atoms with Gasteiger partial charge < -0.3 is 9.47 Å². The van der Waals surface area contributed by atoms with Crippen LogP contribution in [0.5, 0.6) is 11.5 Å². The number of rotatable bonds is 5. The maximum atomic E-state index is 13.0. The summed E-state index contributed by atoms with van der Waals surface area (Å²) in [6, 6.07) is 12.3. The van der Waals surface area contributed by atoms with Gasteiger partial charge in [0.25, 0.3) is 5.69 Å². The third kappa shape index (κ3) is 4.10. The van der Waals surface area contributed by atoms with Crippen LogP contribution in [0, 0.1) is 16.0 Å². The third-order valence-electron chi connectivity index (χ3n) is 5.84. The van der Waals surface area contributed by atoms with Crippen molar-refractivity contribution in [3.8, 4) is 11.5 Å². The summed E-state index contributed by atoms with van der Waals surface area (Å²) in [5, 5.41) is 11.0. The van der Waals surface area contributed by atoms with E-state index in [0.717, 1.165) is 31.5 Å². The van der Waals surface area contributed by atoms with Crippen LogP contribution in [0.2, 0.25) is 0 Å². The highest BCUT2D eigenvalue weighted by Crippen LogP contribution is 2.34. The van der Waals surface area contributed by atoms with Crippen molar-refractivity contribution in [1.29, 1.82) is 0 Å². The van der Waals surface area contributed by atoms with Crippen LogP contribution in [0.1, 0.15) is 41.7 Å². The number of ketones is 1. The van der Waals surface area contributed by atoms with Gasteiger partial charge in [0.2, 0.25) is 0 Å². The number of fused-ring (bicyclic) bond motifs is 1. The van der Waals surface area contributed by atoms with E-state index in [4.69, 9.17) is 9.47 Å².